The molecule has 0 radical (unpaired) electrons. The van der Waals surface area contributed by atoms with Crippen LogP contribution < -0.4 is 4.74 Å². The van der Waals surface area contributed by atoms with Crippen molar-refractivity contribution >= 4 is 10.9 Å². The van der Waals surface area contributed by atoms with Crippen molar-refractivity contribution in [2.45, 2.75) is 20.8 Å². The average molecular weight is 265 g/mol. The van der Waals surface area contributed by atoms with Gasteiger partial charge in [0.1, 0.15) is 5.75 Å². The first-order valence-corrected chi connectivity index (χ1v) is 7.01. The fourth-order valence-corrected chi connectivity index (χ4v) is 2.71. The lowest BCUT2D eigenvalue weighted by Gasteiger charge is -2.12. The number of aromatic nitrogens is 1. The fourth-order valence-electron chi connectivity index (χ4n) is 2.71. The summed E-state index contributed by atoms with van der Waals surface area (Å²) in [6, 6.07) is 14.9. The van der Waals surface area contributed by atoms with Gasteiger partial charge in [-0.25, -0.2) is 0 Å². The maximum Gasteiger partial charge on any atom is 0.125 e. The van der Waals surface area contributed by atoms with Gasteiger partial charge in [0.15, 0.2) is 0 Å². The normalized spacial score (nSPS) is 10.9. The highest BCUT2D eigenvalue weighted by molar-refractivity contribution is 5.86. The van der Waals surface area contributed by atoms with Crippen molar-refractivity contribution < 1.29 is 4.74 Å². The summed E-state index contributed by atoms with van der Waals surface area (Å²) in [5.41, 5.74) is 5.90. The van der Waals surface area contributed by atoms with E-state index in [2.05, 4.69) is 61.3 Å². The van der Waals surface area contributed by atoms with Crippen LogP contribution in [0.15, 0.2) is 42.5 Å². The molecule has 0 aliphatic carbocycles. The Morgan fingerprint density at radius 2 is 1.70 bits per heavy atom. The van der Waals surface area contributed by atoms with Gasteiger partial charge >= 0.3 is 0 Å². The second kappa shape index (κ2) is 5.04. The minimum atomic E-state index is 0.702. The van der Waals surface area contributed by atoms with Gasteiger partial charge in [-0.05, 0) is 61.7 Å². The van der Waals surface area contributed by atoms with Crippen LogP contribution in [0, 0.1) is 13.8 Å². The van der Waals surface area contributed by atoms with Crippen molar-refractivity contribution in [1.29, 1.82) is 0 Å². The summed E-state index contributed by atoms with van der Waals surface area (Å²) in [5, 5.41) is 1.24. The molecule has 0 bridgehead atoms. The molecule has 0 saturated heterocycles. The van der Waals surface area contributed by atoms with Crippen molar-refractivity contribution in [2.24, 2.45) is 0 Å². The smallest absolute Gasteiger partial charge is 0.125 e. The minimum Gasteiger partial charge on any atom is -0.493 e. The highest BCUT2D eigenvalue weighted by Crippen LogP contribution is 2.31. The molecule has 102 valence electrons. The molecule has 2 nitrogen and oxygen atoms in total. The summed E-state index contributed by atoms with van der Waals surface area (Å²) in [7, 11) is 0. The minimum absolute atomic E-state index is 0.702. The molecule has 1 heterocycles. The lowest BCUT2D eigenvalue weighted by Crippen LogP contribution is -1.97. The Labute approximate surface area is 119 Å². The summed E-state index contributed by atoms with van der Waals surface area (Å²) in [6.45, 7) is 6.92. The van der Waals surface area contributed by atoms with Gasteiger partial charge in [-0.2, -0.15) is 0 Å². The summed E-state index contributed by atoms with van der Waals surface area (Å²) < 4.78 is 5.71. The van der Waals surface area contributed by atoms with E-state index >= 15 is 0 Å². The Bertz CT molecular complexity index is 699. The van der Waals surface area contributed by atoms with Gasteiger partial charge in [-0.1, -0.05) is 18.2 Å². The second-order valence-electron chi connectivity index (χ2n) is 5.14. The van der Waals surface area contributed by atoms with Crippen LogP contribution in [-0.2, 0) is 0 Å². The predicted molar refractivity (Wildman–Crippen MR) is 84.4 cm³/mol. The molecule has 0 atom stereocenters. The summed E-state index contributed by atoms with van der Waals surface area (Å²) in [5.74, 6) is 1.01. The lowest BCUT2D eigenvalue weighted by atomic mass is 10.0. The van der Waals surface area contributed by atoms with E-state index < -0.39 is 0 Å². The molecule has 0 fully saturated rings. The predicted octanol–water partition coefficient (Wildman–Crippen LogP) is 4.85. The zero-order chi connectivity index (χ0) is 14.1. The number of nitrogens with one attached hydrogen (secondary N) is 1. The van der Waals surface area contributed by atoms with Crippen LogP contribution >= 0.6 is 0 Å². The molecule has 0 aliphatic rings. The summed E-state index contributed by atoms with van der Waals surface area (Å²) >= 11 is 0. The van der Waals surface area contributed by atoms with E-state index in [0.29, 0.717) is 6.61 Å². The number of fused-ring (bicyclic) bond motifs is 1. The Balaban J connectivity index is 2.10. The molecule has 1 N–H and O–H groups in total. The first-order valence-electron chi connectivity index (χ1n) is 7.01. The number of hydrogen-bond acceptors (Lipinski definition) is 1. The van der Waals surface area contributed by atoms with Crippen LogP contribution in [0.25, 0.3) is 22.2 Å². The largest absolute Gasteiger partial charge is 0.493 e. The topological polar surface area (TPSA) is 25.0 Å². The maximum absolute atomic E-state index is 5.71. The van der Waals surface area contributed by atoms with Crippen LogP contribution in [0.2, 0.25) is 0 Å². The van der Waals surface area contributed by atoms with Gasteiger partial charge in [0.05, 0.1) is 6.61 Å². The molecule has 2 aromatic carbocycles. The first kappa shape index (κ1) is 12.8. The number of hydrogen-bond donors (Lipinski definition) is 1. The van der Waals surface area contributed by atoms with Crippen molar-refractivity contribution in [3.63, 3.8) is 0 Å². The maximum atomic E-state index is 5.71. The number of ether oxygens (including phenoxy) is 1. The Morgan fingerprint density at radius 3 is 2.35 bits per heavy atom. The molecule has 0 aliphatic heterocycles. The fraction of sp³-hybridized carbons (Fsp3) is 0.222. The van der Waals surface area contributed by atoms with E-state index in [1.807, 2.05) is 6.92 Å². The van der Waals surface area contributed by atoms with E-state index in [-0.39, 0.29) is 0 Å². The van der Waals surface area contributed by atoms with Gasteiger partial charge in [-0.15, -0.1) is 0 Å². The van der Waals surface area contributed by atoms with Crippen molar-refractivity contribution in [1.82, 2.24) is 4.98 Å². The molecular weight excluding hydrogens is 246 g/mol. The van der Waals surface area contributed by atoms with Gasteiger partial charge in [-0.3, -0.25) is 0 Å². The molecule has 1 aromatic heterocycles. The van der Waals surface area contributed by atoms with Gasteiger partial charge in [0, 0.05) is 16.6 Å². The SMILES string of the molecule is CCOc1c(C)cc(-c2cc3ccccc3[nH]2)cc1C. The van der Waals surface area contributed by atoms with Gasteiger partial charge < -0.3 is 9.72 Å². The van der Waals surface area contributed by atoms with E-state index in [9.17, 15) is 0 Å². The Kier molecular flexibility index (Phi) is 3.23. The zero-order valence-electron chi connectivity index (χ0n) is 12.2. The molecule has 0 unspecified atom stereocenters. The number of aryl methyl sites for hydroxylation is 2. The van der Waals surface area contributed by atoms with E-state index in [1.54, 1.807) is 0 Å². The molecule has 20 heavy (non-hydrogen) atoms. The van der Waals surface area contributed by atoms with E-state index in [1.165, 1.54) is 27.6 Å². The average Bonchev–Trinajstić information content (AvgIpc) is 2.86. The van der Waals surface area contributed by atoms with Crippen molar-refractivity contribution in [3.05, 3.63) is 53.6 Å². The third-order valence-corrected chi connectivity index (χ3v) is 3.59. The molecule has 0 amide bonds. The molecule has 0 saturated carbocycles. The standard InChI is InChI=1S/C18H19NO/c1-4-20-18-12(2)9-15(10-13(18)3)17-11-14-7-5-6-8-16(14)19-17/h5-11,19H,4H2,1-3H3. The quantitative estimate of drug-likeness (QED) is 0.719. The number of rotatable bonds is 3. The van der Waals surface area contributed by atoms with Gasteiger partial charge in [0.25, 0.3) is 0 Å². The van der Waals surface area contributed by atoms with Crippen LogP contribution in [0.5, 0.6) is 5.75 Å². The number of H-pyrrole nitrogens is 1. The number of para-hydroxylation sites is 1. The summed E-state index contributed by atoms with van der Waals surface area (Å²) in [4.78, 5) is 3.48. The zero-order valence-corrected chi connectivity index (χ0v) is 12.2. The highest BCUT2D eigenvalue weighted by atomic mass is 16.5. The monoisotopic (exact) mass is 265 g/mol. The van der Waals surface area contributed by atoms with Crippen molar-refractivity contribution in [2.75, 3.05) is 6.61 Å². The number of aromatic amines is 1. The molecule has 3 rings (SSSR count). The van der Waals surface area contributed by atoms with E-state index in [0.717, 1.165) is 11.4 Å². The summed E-state index contributed by atoms with van der Waals surface area (Å²) in [6.07, 6.45) is 0. The molecule has 3 aromatic rings. The molecule has 2 heteroatoms. The third-order valence-electron chi connectivity index (χ3n) is 3.59. The Morgan fingerprint density at radius 1 is 1.00 bits per heavy atom. The molecular formula is C18H19NO. The van der Waals surface area contributed by atoms with Crippen LogP contribution in [0.3, 0.4) is 0 Å². The Hall–Kier alpha value is -2.22. The van der Waals surface area contributed by atoms with Crippen molar-refractivity contribution in [3.8, 4) is 17.0 Å². The second-order valence-corrected chi connectivity index (χ2v) is 5.14. The van der Waals surface area contributed by atoms with Crippen LogP contribution in [-0.4, -0.2) is 11.6 Å². The van der Waals surface area contributed by atoms with Gasteiger partial charge in [0.2, 0.25) is 0 Å². The first-order chi connectivity index (χ1) is 9.69. The molecule has 0 spiro atoms. The third kappa shape index (κ3) is 2.18. The van der Waals surface area contributed by atoms with Crippen LogP contribution in [0.4, 0.5) is 0 Å². The lowest BCUT2D eigenvalue weighted by molar-refractivity contribution is 0.335. The van der Waals surface area contributed by atoms with E-state index in [4.69, 9.17) is 4.74 Å². The highest BCUT2D eigenvalue weighted by Gasteiger charge is 2.09. The number of benzene rings is 2. The van der Waals surface area contributed by atoms with Crippen LogP contribution in [0.1, 0.15) is 18.1 Å².